The fraction of sp³-hybridized carbons (Fsp3) is 0.412. The van der Waals surface area contributed by atoms with Crippen molar-refractivity contribution in [3.8, 4) is 0 Å². The van der Waals surface area contributed by atoms with Gasteiger partial charge >= 0.3 is 5.97 Å². The summed E-state index contributed by atoms with van der Waals surface area (Å²) in [6, 6.07) is 7.76. The minimum atomic E-state index is -0.300. The molecule has 0 bridgehead atoms. The first-order valence-electron chi connectivity index (χ1n) is 7.58. The number of aromatic nitrogens is 2. The zero-order valence-corrected chi connectivity index (χ0v) is 15.4. The number of nitrogens with zero attached hydrogens (tertiary/aromatic N) is 2. The molecule has 0 N–H and O–H groups in total. The lowest BCUT2D eigenvalue weighted by Gasteiger charge is -2.11. The van der Waals surface area contributed by atoms with Gasteiger partial charge in [-0.15, -0.1) is 0 Å². The van der Waals surface area contributed by atoms with Crippen molar-refractivity contribution in [3.05, 3.63) is 40.8 Å². The fourth-order valence-electron chi connectivity index (χ4n) is 2.23. The average molecular weight is 353 g/mol. The summed E-state index contributed by atoms with van der Waals surface area (Å²) in [5.74, 6) is 0.752. The van der Waals surface area contributed by atoms with Gasteiger partial charge in [-0.05, 0) is 31.0 Å². The third-order valence-electron chi connectivity index (χ3n) is 3.30. The molecule has 2 aromatic rings. The predicted octanol–water partition coefficient (Wildman–Crippen LogP) is 4.89. The zero-order valence-electron chi connectivity index (χ0n) is 13.8. The third-order valence-corrected chi connectivity index (χ3v) is 4.65. The summed E-state index contributed by atoms with van der Waals surface area (Å²) in [6.07, 6.45) is 0. The Bertz CT molecular complexity index is 698. The van der Waals surface area contributed by atoms with Gasteiger partial charge in [0, 0.05) is 23.4 Å². The highest BCUT2D eigenvalue weighted by atomic mass is 35.5. The molecule has 4 nitrogen and oxygen atoms in total. The van der Waals surface area contributed by atoms with Gasteiger partial charge in [0.25, 0.3) is 0 Å². The van der Waals surface area contributed by atoms with Crippen molar-refractivity contribution in [2.24, 2.45) is 0 Å². The fourth-order valence-corrected chi connectivity index (χ4v) is 3.77. The Morgan fingerprint density at radius 2 is 2.17 bits per heavy atom. The number of carbonyl (C=O) groups is 1. The molecule has 0 aliphatic rings. The van der Waals surface area contributed by atoms with Crippen molar-refractivity contribution in [1.29, 1.82) is 0 Å². The summed E-state index contributed by atoms with van der Waals surface area (Å²) in [5.41, 5.74) is 1.01. The van der Waals surface area contributed by atoms with E-state index >= 15 is 0 Å². The van der Waals surface area contributed by atoms with Crippen LogP contribution in [0.25, 0.3) is 0 Å². The van der Waals surface area contributed by atoms with E-state index in [2.05, 4.69) is 25.3 Å². The second-order valence-electron chi connectivity index (χ2n) is 5.46. The SMILES string of the molecule is CCn1c(COC(C)=O)nc(C(C)C)c1Sc1cccc(Cl)c1. The van der Waals surface area contributed by atoms with Crippen LogP contribution in [0.2, 0.25) is 5.02 Å². The molecule has 124 valence electrons. The van der Waals surface area contributed by atoms with Gasteiger partial charge < -0.3 is 9.30 Å². The molecule has 0 saturated heterocycles. The average Bonchev–Trinajstić information content (AvgIpc) is 2.83. The Morgan fingerprint density at radius 3 is 2.74 bits per heavy atom. The van der Waals surface area contributed by atoms with Crippen molar-refractivity contribution >= 4 is 29.3 Å². The third kappa shape index (κ3) is 4.52. The number of hydrogen-bond donors (Lipinski definition) is 0. The van der Waals surface area contributed by atoms with Gasteiger partial charge in [-0.25, -0.2) is 4.98 Å². The molecule has 0 saturated carbocycles. The van der Waals surface area contributed by atoms with Crippen LogP contribution in [0.5, 0.6) is 0 Å². The number of esters is 1. The Balaban J connectivity index is 2.40. The lowest BCUT2D eigenvalue weighted by Crippen LogP contribution is -2.07. The smallest absolute Gasteiger partial charge is 0.303 e. The molecule has 1 heterocycles. The van der Waals surface area contributed by atoms with Gasteiger partial charge in [0.1, 0.15) is 17.5 Å². The van der Waals surface area contributed by atoms with Gasteiger partial charge in [-0.2, -0.15) is 0 Å². The number of imidazole rings is 1. The van der Waals surface area contributed by atoms with Gasteiger partial charge in [0.05, 0.1) is 5.69 Å². The number of ether oxygens (including phenoxy) is 1. The first-order chi connectivity index (χ1) is 10.9. The first kappa shape index (κ1) is 17.9. The maximum Gasteiger partial charge on any atom is 0.303 e. The first-order valence-corrected chi connectivity index (χ1v) is 8.77. The lowest BCUT2D eigenvalue weighted by molar-refractivity contribution is -0.142. The molecule has 6 heteroatoms. The van der Waals surface area contributed by atoms with E-state index in [0.717, 1.165) is 28.0 Å². The Kier molecular flexibility index (Phi) is 6.13. The monoisotopic (exact) mass is 352 g/mol. The van der Waals surface area contributed by atoms with E-state index in [9.17, 15) is 4.79 Å². The zero-order chi connectivity index (χ0) is 17.0. The van der Waals surface area contributed by atoms with Crippen LogP contribution in [0.1, 0.15) is 45.1 Å². The van der Waals surface area contributed by atoms with Crippen LogP contribution in [-0.2, 0) is 22.7 Å². The minimum absolute atomic E-state index is 0.193. The molecule has 0 radical (unpaired) electrons. The van der Waals surface area contributed by atoms with Crippen molar-refractivity contribution < 1.29 is 9.53 Å². The van der Waals surface area contributed by atoms with Gasteiger partial charge in [-0.1, -0.05) is 43.3 Å². The maximum absolute atomic E-state index is 11.1. The van der Waals surface area contributed by atoms with Crippen molar-refractivity contribution in [2.75, 3.05) is 0 Å². The molecule has 0 fully saturated rings. The molecule has 2 rings (SSSR count). The summed E-state index contributed by atoms with van der Waals surface area (Å²) in [5, 5.41) is 1.79. The summed E-state index contributed by atoms with van der Waals surface area (Å²) in [4.78, 5) is 16.9. The second kappa shape index (κ2) is 7.88. The van der Waals surface area contributed by atoms with Crippen molar-refractivity contribution in [1.82, 2.24) is 9.55 Å². The molecule has 0 amide bonds. The topological polar surface area (TPSA) is 44.1 Å². The van der Waals surface area contributed by atoms with Crippen LogP contribution < -0.4 is 0 Å². The van der Waals surface area contributed by atoms with E-state index in [-0.39, 0.29) is 18.5 Å². The second-order valence-corrected chi connectivity index (χ2v) is 6.96. The van der Waals surface area contributed by atoms with Crippen LogP contribution in [0, 0.1) is 0 Å². The van der Waals surface area contributed by atoms with E-state index in [0.29, 0.717) is 5.02 Å². The van der Waals surface area contributed by atoms with Gasteiger partial charge in [0.15, 0.2) is 0 Å². The molecule has 0 spiro atoms. The predicted molar refractivity (Wildman–Crippen MR) is 93.0 cm³/mol. The van der Waals surface area contributed by atoms with E-state index < -0.39 is 0 Å². The molecule has 0 atom stereocenters. The lowest BCUT2D eigenvalue weighted by atomic mass is 10.1. The molecular weight excluding hydrogens is 332 g/mol. The Morgan fingerprint density at radius 1 is 1.43 bits per heavy atom. The van der Waals surface area contributed by atoms with Crippen LogP contribution >= 0.6 is 23.4 Å². The van der Waals surface area contributed by atoms with Gasteiger partial charge in [-0.3, -0.25) is 4.79 Å². The molecule has 0 aliphatic carbocycles. The summed E-state index contributed by atoms with van der Waals surface area (Å²) >= 11 is 7.72. The summed E-state index contributed by atoms with van der Waals surface area (Å²) < 4.78 is 7.24. The normalized spacial score (nSPS) is 11.0. The van der Waals surface area contributed by atoms with E-state index in [1.807, 2.05) is 24.3 Å². The highest BCUT2D eigenvalue weighted by Crippen LogP contribution is 2.35. The van der Waals surface area contributed by atoms with Crippen LogP contribution in [0.15, 0.2) is 34.2 Å². The van der Waals surface area contributed by atoms with E-state index in [1.165, 1.54) is 6.92 Å². The quantitative estimate of drug-likeness (QED) is 0.694. The van der Waals surface area contributed by atoms with Crippen molar-refractivity contribution in [2.45, 2.75) is 56.7 Å². The molecule has 0 aliphatic heterocycles. The Hall–Kier alpha value is -1.46. The molecule has 23 heavy (non-hydrogen) atoms. The molecular formula is C17H21ClN2O2S. The number of carbonyl (C=O) groups excluding carboxylic acids is 1. The number of rotatable bonds is 6. The highest BCUT2D eigenvalue weighted by Gasteiger charge is 2.20. The molecule has 0 unspecified atom stereocenters. The largest absolute Gasteiger partial charge is 0.458 e. The van der Waals surface area contributed by atoms with Gasteiger partial charge in [0.2, 0.25) is 0 Å². The van der Waals surface area contributed by atoms with Crippen LogP contribution in [-0.4, -0.2) is 15.5 Å². The number of halogens is 1. The van der Waals surface area contributed by atoms with Crippen LogP contribution in [0.3, 0.4) is 0 Å². The minimum Gasteiger partial charge on any atom is -0.458 e. The van der Waals surface area contributed by atoms with Crippen LogP contribution in [0.4, 0.5) is 0 Å². The van der Waals surface area contributed by atoms with E-state index in [4.69, 9.17) is 21.3 Å². The highest BCUT2D eigenvalue weighted by molar-refractivity contribution is 7.99. The molecule has 1 aromatic carbocycles. The summed E-state index contributed by atoms with van der Waals surface area (Å²) in [6.45, 7) is 8.65. The number of hydrogen-bond acceptors (Lipinski definition) is 4. The summed E-state index contributed by atoms with van der Waals surface area (Å²) in [7, 11) is 0. The maximum atomic E-state index is 11.1. The standard InChI is InChI=1S/C17H21ClN2O2S/c1-5-20-15(10-22-12(4)21)19-16(11(2)3)17(20)23-14-8-6-7-13(18)9-14/h6-9,11H,5,10H2,1-4H3. The molecule has 1 aromatic heterocycles. The van der Waals surface area contributed by atoms with E-state index in [1.54, 1.807) is 11.8 Å². The number of benzene rings is 1. The Labute approximate surface area is 146 Å². The van der Waals surface area contributed by atoms with Crippen molar-refractivity contribution in [3.63, 3.8) is 0 Å².